The lowest BCUT2D eigenvalue weighted by Crippen LogP contribution is -2.05. The fourth-order valence-corrected chi connectivity index (χ4v) is 2.19. The highest BCUT2D eigenvalue weighted by Gasteiger charge is 2.07. The highest BCUT2D eigenvalue weighted by molar-refractivity contribution is 5.88. The zero-order valence-corrected chi connectivity index (χ0v) is 12.8. The lowest BCUT2D eigenvalue weighted by molar-refractivity contribution is 0.0649. The molecule has 0 aromatic heterocycles. The second-order valence-corrected chi connectivity index (χ2v) is 5.65. The monoisotopic (exact) mass is 272 g/mol. The number of benzene rings is 2. The number of hydrogen-bond donors (Lipinski definition) is 0. The highest BCUT2D eigenvalue weighted by atomic mass is 16.5. The van der Waals surface area contributed by atoms with Crippen molar-refractivity contribution in [2.24, 2.45) is 0 Å². The van der Waals surface area contributed by atoms with Gasteiger partial charge in [0.15, 0.2) is 0 Å². The van der Waals surface area contributed by atoms with Crippen LogP contribution in [0.2, 0.25) is 0 Å². The second kappa shape index (κ2) is 6.87. The minimum atomic E-state index is 0.248. The quantitative estimate of drug-likeness (QED) is 0.759. The molecule has 2 rings (SSSR count). The largest absolute Gasteiger partial charge is 0.374 e. The van der Waals surface area contributed by atoms with Crippen LogP contribution in [-0.4, -0.2) is 12.2 Å². The third kappa shape index (κ3) is 3.81. The Bertz CT molecular complexity index is 508. The van der Waals surface area contributed by atoms with Crippen LogP contribution in [0.25, 0.3) is 10.8 Å². The molecular formula is C18H24O2. The van der Waals surface area contributed by atoms with Gasteiger partial charge in [0.2, 0.25) is 0 Å². The van der Waals surface area contributed by atoms with Crippen LogP contribution in [0.4, 0.5) is 0 Å². The van der Waals surface area contributed by atoms with Crippen LogP contribution < -0.4 is 0 Å². The van der Waals surface area contributed by atoms with Crippen molar-refractivity contribution in [3.63, 3.8) is 0 Å². The Morgan fingerprint density at radius 1 is 0.700 bits per heavy atom. The molecule has 0 aliphatic rings. The van der Waals surface area contributed by atoms with Crippen LogP contribution in [0.5, 0.6) is 0 Å². The molecule has 0 amide bonds. The third-order valence-corrected chi connectivity index (χ3v) is 3.25. The molecule has 0 heterocycles. The zero-order chi connectivity index (χ0) is 14.5. The molecule has 0 aliphatic heterocycles. The number of hydrogen-bond acceptors (Lipinski definition) is 2. The summed E-state index contributed by atoms with van der Waals surface area (Å²) < 4.78 is 11.5. The molecule has 0 atom stereocenters. The van der Waals surface area contributed by atoms with E-state index in [1.54, 1.807) is 0 Å². The van der Waals surface area contributed by atoms with Crippen molar-refractivity contribution in [1.29, 1.82) is 0 Å². The maximum atomic E-state index is 5.74. The molecule has 2 heteroatoms. The van der Waals surface area contributed by atoms with Crippen molar-refractivity contribution in [2.45, 2.75) is 53.1 Å². The van der Waals surface area contributed by atoms with Crippen LogP contribution >= 0.6 is 0 Å². The van der Waals surface area contributed by atoms with Gasteiger partial charge in [0, 0.05) is 0 Å². The molecule has 20 heavy (non-hydrogen) atoms. The van der Waals surface area contributed by atoms with Gasteiger partial charge in [0.25, 0.3) is 0 Å². The van der Waals surface area contributed by atoms with Gasteiger partial charge in [0.05, 0.1) is 25.4 Å². The third-order valence-electron chi connectivity index (χ3n) is 3.25. The molecule has 0 spiro atoms. The van der Waals surface area contributed by atoms with Crippen molar-refractivity contribution in [3.05, 3.63) is 47.5 Å². The van der Waals surface area contributed by atoms with Gasteiger partial charge in [-0.15, -0.1) is 0 Å². The summed E-state index contributed by atoms with van der Waals surface area (Å²) in [6.07, 6.45) is 0.496. The average Bonchev–Trinajstić information content (AvgIpc) is 2.43. The number of rotatable bonds is 6. The molecule has 0 N–H and O–H groups in total. The van der Waals surface area contributed by atoms with E-state index in [0.717, 1.165) is 0 Å². The van der Waals surface area contributed by atoms with Crippen molar-refractivity contribution in [3.8, 4) is 0 Å². The Balaban J connectivity index is 2.31. The Morgan fingerprint density at radius 2 is 1.10 bits per heavy atom. The first-order valence-corrected chi connectivity index (χ1v) is 7.30. The molecule has 0 saturated heterocycles. The van der Waals surface area contributed by atoms with E-state index in [2.05, 4.69) is 64.1 Å². The topological polar surface area (TPSA) is 18.5 Å². The summed E-state index contributed by atoms with van der Waals surface area (Å²) in [7, 11) is 0. The van der Waals surface area contributed by atoms with E-state index in [-0.39, 0.29) is 12.2 Å². The summed E-state index contributed by atoms with van der Waals surface area (Å²) in [5.41, 5.74) is 2.48. The summed E-state index contributed by atoms with van der Waals surface area (Å²) in [5.74, 6) is 0. The summed E-state index contributed by atoms with van der Waals surface area (Å²) in [5, 5.41) is 2.52. The molecule has 2 nitrogen and oxygen atoms in total. The van der Waals surface area contributed by atoms with Crippen molar-refractivity contribution in [2.75, 3.05) is 0 Å². The van der Waals surface area contributed by atoms with Gasteiger partial charge in [-0.25, -0.2) is 0 Å². The van der Waals surface area contributed by atoms with Crippen LogP contribution in [0, 0.1) is 0 Å². The van der Waals surface area contributed by atoms with Crippen LogP contribution in [0.1, 0.15) is 38.8 Å². The van der Waals surface area contributed by atoms with E-state index in [1.165, 1.54) is 21.9 Å². The lowest BCUT2D eigenvalue weighted by atomic mass is 10.00. The molecule has 0 fully saturated rings. The van der Waals surface area contributed by atoms with E-state index in [1.807, 2.05) is 0 Å². The molecule has 2 aromatic carbocycles. The zero-order valence-electron chi connectivity index (χ0n) is 12.8. The van der Waals surface area contributed by atoms with E-state index < -0.39 is 0 Å². The molecule has 0 bridgehead atoms. The molecule has 0 saturated carbocycles. The van der Waals surface area contributed by atoms with Crippen molar-refractivity contribution < 1.29 is 9.47 Å². The average molecular weight is 272 g/mol. The molecule has 0 unspecified atom stereocenters. The lowest BCUT2D eigenvalue weighted by Gasteiger charge is -2.14. The smallest absolute Gasteiger partial charge is 0.0726 e. The van der Waals surface area contributed by atoms with Crippen LogP contribution in [-0.2, 0) is 22.7 Å². The fourth-order valence-electron chi connectivity index (χ4n) is 2.19. The van der Waals surface area contributed by atoms with E-state index in [4.69, 9.17) is 9.47 Å². The maximum absolute atomic E-state index is 5.74. The Morgan fingerprint density at radius 3 is 1.45 bits per heavy atom. The molecule has 0 radical (unpaired) electrons. The molecule has 108 valence electrons. The standard InChI is InChI=1S/C18H24O2/c1-13(2)19-11-15-9-10-16(12-20-14(3)4)18-8-6-5-7-17(15)18/h5-10,13-14H,11-12H2,1-4H3. The molecular weight excluding hydrogens is 248 g/mol. The number of ether oxygens (including phenoxy) is 2. The summed E-state index contributed by atoms with van der Waals surface area (Å²) in [6.45, 7) is 9.56. The predicted molar refractivity (Wildman–Crippen MR) is 83.8 cm³/mol. The minimum absolute atomic E-state index is 0.248. The summed E-state index contributed by atoms with van der Waals surface area (Å²) in [6, 6.07) is 12.8. The highest BCUT2D eigenvalue weighted by Crippen LogP contribution is 2.24. The Hall–Kier alpha value is -1.38. The van der Waals surface area contributed by atoms with Crippen LogP contribution in [0.3, 0.4) is 0 Å². The van der Waals surface area contributed by atoms with Gasteiger partial charge >= 0.3 is 0 Å². The van der Waals surface area contributed by atoms with E-state index >= 15 is 0 Å². The first kappa shape index (κ1) is 15.0. The molecule has 2 aromatic rings. The first-order valence-electron chi connectivity index (χ1n) is 7.30. The first-order chi connectivity index (χ1) is 9.58. The predicted octanol–water partition coefficient (Wildman–Crippen LogP) is 4.69. The molecule has 0 aliphatic carbocycles. The summed E-state index contributed by atoms with van der Waals surface area (Å²) in [4.78, 5) is 0. The maximum Gasteiger partial charge on any atom is 0.0726 e. The fraction of sp³-hybridized carbons (Fsp3) is 0.444. The summed E-state index contributed by atoms with van der Waals surface area (Å²) >= 11 is 0. The minimum Gasteiger partial charge on any atom is -0.374 e. The van der Waals surface area contributed by atoms with Crippen molar-refractivity contribution in [1.82, 2.24) is 0 Å². The van der Waals surface area contributed by atoms with Gasteiger partial charge in [-0.05, 0) is 49.6 Å². The van der Waals surface area contributed by atoms with Gasteiger partial charge < -0.3 is 9.47 Å². The van der Waals surface area contributed by atoms with Crippen molar-refractivity contribution >= 4 is 10.8 Å². The van der Waals surface area contributed by atoms with Gasteiger partial charge in [-0.1, -0.05) is 36.4 Å². The van der Waals surface area contributed by atoms with Gasteiger partial charge in [0.1, 0.15) is 0 Å². The number of fused-ring (bicyclic) bond motifs is 1. The Labute approximate surface area is 121 Å². The van der Waals surface area contributed by atoms with E-state index in [0.29, 0.717) is 13.2 Å². The Kier molecular flexibility index (Phi) is 5.16. The SMILES string of the molecule is CC(C)OCc1ccc(COC(C)C)c2ccccc12. The normalized spacial score (nSPS) is 11.7. The van der Waals surface area contributed by atoms with Crippen LogP contribution in [0.15, 0.2) is 36.4 Å². The second-order valence-electron chi connectivity index (χ2n) is 5.65. The van der Waals surface area contributed by atoms with Gasteiger partial charge in [-0.2, -0.15) is 0 Å². The van der Waals surface area contributed by atoms with E-state index in [9.17, 15) is 0 Å². The van der Waals surface area contributed by atoms with Gasteiger partial charge in [-0.3, -0.25) is 0 Å².